The molecule has 2 aliphatic rings. The summed E-state index contributed by atoms with van der Waals surface area (Å²) in [7, 11) is 1.63. The number of carbonyl (C=O) groups is 2. The normalized spacial score (nSPS) is 20.5. The minimum Gasteiger partial charge on any atom is -0.497 e. The monoisotopic (exact) mass is 406 g/mol. The molecular formula is C25H30N2O3. The van der Waals surface area contributed by atoms with Crippen LogP contribution >= 0.6 is 0 Å². The number of benzene rings is 2. The van der Waals surface area contributed by atoms with Crippen LogP contribution in [0, 0.1) is 0 Å². The second-order valence-corrected chi connectivity index (χ2v) is 8.26. The SMILES string of the molecule is COc1ccc([C@@H]2C(=O)N(CCc3ccccc3)CC(=O)N2C2CCCCC2)cc1. The van der Waals surface area contributed by atoms with Crippen molar-refractivity contribution in [1.82, 2.24) is 9.80 Å². The van der Waals surface area contributed by atoms with E-state index in [1.165, 1.54) is 12.0 Å². The van der Waals surface area contributed by atoms with Crippen LogP contribution in [-0.2, 0) is 16.0 Å². The van der Waals surface area contributed by atoms with Crippen molar-refractivity contribution in [3.05, 3.63) is 65.7 Å². The molecule has 0 aromatic heterocycles. The Morgan fingerprint density at radius 3 is 2.30 bits per heavy atom. The molecular weight excluding hydrogens is 376 g/mol. The highest BCUT2D eigenvalue weighted by Crippen LogP contribution is 2.35. The molecule has 4 rings (SSSR count). The number of carbonyl (C=O) groups excluding carboxylic acids is 2. The number of piperazine rings is 1. The number of rotatable bonds is 6. The van der Waals surface area contributed by atoms with Crippen LogP contribution in [0.4, 0.5) is 0 Å². The predicted octanol–water partition coefficient (Wildman–Crippen LogP) is 3.98. The van der Waals surface area contributed by atoms with Crippen LogP contribution in [0.1, 0.15) is 49.3 Å². The lowest BCUT2D eigenvalue weighted by Gasteiger charge is -2.45. The van der Waals surface area contributed by atoms with Crippen LogP contribution in [0.25, 0.3) is 0 Å². The molecule has 2 amide bonds. The molecule has 2 aromatic rings. The van der Waals surface area contributed by atoms with E-state index in [4.69, 9.17) is 4.74 Å². The standard InChI is InChI=1S/C25H30N2O3/c1-30-22-14-12-20(13-15-22)24-25(29)26(17-16-19-8-4-2-5-9-19)18-23(28)27(24)21-10-6-3-7-11-21/h2,4-5,8-9,12-15,21,24H,3,6-7,10-11,16-18H2,1H3/t24-/m1/s1. The van der Waals surface area contributed by atoms with Crippen LogP contribution < -0.4 is 4.74 Å². The minimum absolute atomic E-state index is 0.0290. The Morgan fingerprint density at radius 2 is 1.63 bits per heavy atom. The van der Waals surface area contributed by atoms with Crippen LogP contribution in [-0.4, -0.2) is 47.9 Å². The van der Waals surface area contributed by atoms with E-state index in [0.29, 0.717) is 6.54 Å². The van der Waals surface area contributed by atoms with E-state index in [0.717, 1.165) is 43.4 Å². The topological polar surface area (TPSA) is 49.9 Å². The molecule has 2 aromatic carbocycles. The first-order valence-electron chi connectivity index (χ1n) is 10.9. The summed E-state index contributed by atoms with van der Waals surface area (Å²) in [4.78, 5) is 30.5. The number of hydrogen-bond acceptors (Lipinski definition) is 3. The van der Waals surface area contributed by atoms with Gasteiger partial charge >= 0.3 is 0 Å². The maximum Gasteiger partial charge on any atom is 0.250 e. The molecule has 158 valence electrons. The molecule has 1 heterocycles. The van der Waals surface area contributed by atoms with Gasteiger partial charge in [0.25, 0.3) is 5.91 Å². The summed E-state index contributed by atoms with van der Waals surface area (Å²) in [5.41, 5.74) is 2.04. The highest BCUT2D eigenvalue weighted by atomic mass is 16.5. The summed E-state index contributed by atoms with van der Waals surface area (Å²) in [5.74, 6) is 0.843. The van der Waals surface area contributed by atoms with E-state index in [1.54, 1.807) is 12.0 Å². The molecule has 5 heteroatoms. The third-order valence-corrected chi connectivity index (χ3v) is 6.35. The summed E-state index contributed by atoms with van der Waals surface area (Å²) in [6.45, 7) is 0.731. The van der Waals surface area contributed by atoms with Crippen molar-refractivity contribution in [2.75, 3.05) is 20.2 Å². The Balaban J connectivity index is 1.59. The van der Waals surface area contributed by atoms with Gasteiger partial charge in [-0.15, -0.1) is 0 Å². The molecule has 0 bridgehead atoms. The van der Waals surface area contributed by atoms with Gasteiger partial charge in [0.2, 0.25) is 5.91 Å². The Bertz CT molecular complexity index is 860. The van der Waals surface area contributed by atoms with Gasteiger partial charge < -0.3 is 14.5 Å². The van der Waals surface area contributed by atoms with Crippen molar-refractivity contribution in [2.24, 2.45) is 0 Å². The molecule has 1 aliphatic carbocycles. The molecule has 1 atom stereocenters. The van der Waals surface area contributed by atoms with Gasteiger partial charge in [-0.25, -0.2) is 0 Å². The first-order chi connectivity index (χ1) is 14.7. The smallest absolute Gasteiger partial charge is 0.250 e. The third kappa shape index (κ3) is 4.35. The van der Waals surface area contributed by atoms with E-state index < -0.39 is 6.04 Å². The van der Waals surface area contributed by atoms with Gasteiger partial charge in [0.05, 0.1) is 13.7 Å². The summed E-state index contributed by atoms with van der Waals surface area (Å²) < 4.78 is 5.28. The zero-order valence-electron chi connectivity index (χ0n) is 17.6. The maximum atomic E-state index is 13.6. The molecule has 30 heavy (non-hydrogen) atoms. The number of hydrogen-bond donors (Lipinski definition) is 0. The van der Waals surface area contributed by atoms with Crippen LogP contribution in [0.5, 0.6) is 5.75 Å². The lowest BCUT2D eigenvalue weighted by Crippen LogP contribution is -2.59. The van der Waals surface area contributed by atoms with Crippen molar-refractivity contribution in [3.8, 4) is 5.75 Å². The van der Waals surface area contributed by atoms with Gasteiger partial charge in [0, 0.05) is 12.6 Å². The largest absolute Gasteiger partial charge is 0.497 e. The van der Waals surface area contributed by atoms with Gasteiger partial charge in [-0.3, -0.25) is 9.59 Å². The lowest BCUT2D eigenvalue weighted by atomic mass is 9.90. The molecule has 5 nitrogen and oxygen atoms in total. The highest BCUT2D eigenvalue weighted by molar-refractivity contribution is 5.95. The summed E-state index contributed by atoms with van der Waals surface area (Å²) in [6, 6.07) is 17.3. The van der Waals surface area contributed by atoms with Gasteiger partial charge in [0.1, 0.15) is 11.8 Å². The summed E-state index contributed by atoms with van der Waals surface area (Å²) in [6.07, 6.45) is 6.16. The van der Waals surface area contributed by atoms with Crippen LogP contribution in [0.15, 0.2) is 54.6 Å². The molecule has 1 aliphatic heterocycles. The highest BCUT2D eigenvalue weighted by Gasteiger charge is 2.43. The number of nitrogens with zero attached hydrogens (tertiary/aromatic N) is 2. The first-order valence-corrected chi connectivity index (χ1v) is 10.9. The molecule has 0 N–H and O–H groups in total. The quantitative estimate of drug-likeness (QED) is 0.729. The summed E-state index contributed by atoms with van der Waals surface area (Å²) >= 11 is 0. The third-order valence-electron chi connectivity index (χ3n) is 6.35. The number of ether oxygens (including phenoxy) is 1. The van der Waals surface area contributed by atoms with Crippen molar-refractivity contribution in [2.45, 2.75) is 50.6 Å². The lowest BCUT2D eigenvalue weighted by molar-refractivity contribution is -0.159. The van der Waals surface area contributed by atoms with E-state index in [2.05, 4.69) is 12.1 Å². The fraction of sp³-hybridized carbons (Fsp3) is 0.440. The van der Waals surface area contributed by atoms with E-state index in [1.807, 2.05) is 47.4 Å². The van der Waals surface area contributed by atoms with Crippen molar-refractivity contribution < 1.29 is 14.3 Å². The van der Waals surface area contributed by atoms with Crippen molar-refractivity contribution in [3.63, 3.8) is 0 Å². The average Bonchev–Trinajstić information content (AvgIpc) is 2.80. The fourth-order valence-electron chi connectivity index (χ4n) is 4.72. The zero-order valence-corrected chi connectivity index (χ0v) is 17.6. The molecule has 2 fully saturated rings. The van der Waals surface area contributed by atoms with Gasteiger partial charge in [0.15, 0.2) is 0 Å². The van der Waals surface area contributed by atoms with Gasteiger partial charge in [-0.1, -0.05) is 61.7 Å². The minimum atomic E-state index is -0.545. The van der Waals surface area contributed by atoms with Crippen LogP contribution in [0.3, 0.4) is 0 Å². The number of methoxy groups -OCH3 is 1. The fourth-order valence-corrected chi connectivity index (χ4v) is 4.72. The Labute approximate surface area is 178 Å². The Hall–Kier alpha value is -2.82. The molecule has 0 unspecified atom stereocenters. The molecule has 1 saturated heterocycles. The van der Waals surface area contributed by atoms with Crippen molar-refractivity contribution in [1.29, 1.82) is 0 Å². The average molecular weight is 407 g/mol. The Kier molecular flexibility index (Phi) is 6.36. The van der Waals surface area contributed by atoms with Gasteiger partial charge in [-0.05, 0) is 42.5 Å². The predicted molar refractivity (Wildman–Crippen MR) is 116 cm³/mol. The number of amides is 2. The first kappa shape index (κ1) is 20.5. The molecule has 0 spiro atoms. The van der Waals surface area contributed by atoms with E-state index in [9.17, 15) is 9.59 Å². The second kappa shape index (κ2) is 9.33. The summed E-state index contributed by atoms with van der Waals surface area (Å²) in [5, 5.41) is 0. The van der Waals surface area contributed by atoms with E-state index >= 15 is 0 Å². The molecule has 1 saturated carbocycles. The van der Waals surface area contributed by atoms with Crippen LogP contribution in [0.2, 0.25) is 0 Å². The van der Waals surface area contributed by atoms with Crippen molar-refractivity contribution >= 4 is 11.8 Å². The maximum absolute atomic E-state index is 13.6. The second-order valence-electron chi connectivity index (χ2n) is 8.26. The zero-order chi connectivity index (χ0) is 20.9. The molecule has 0 radical (unpaired) electrons. The van der Waals surface area contributed by atoms with Gasteiger partial charge in [-0.2, -0.15) is 0 Å². The van der Waals surface area contributed by atoms with E-state index in [-0.39, 0.29) is 24.4 Å². The Morgan fingerprint density at radius 1 is 0.933 bits per heavy atom.